The van der Waals surface area contributed by atoms with Crippen LogP contribution in [0.2, 0.25) is 0 Å². The van der Waals surface area contributed by atoms with Gasteiger partial charge in [0.05, 0.1) is 6.42 Å². The first-order valence-corrected chi connectivity index (χ1v) is 29.4. The van der Waals surface area contributed by atoms with E-state index in [-0.39, 0.29) is 31.6 Å². The van der Waals surface area contributed by atoms with Crippen LogP contribution in [0.4, 0.5) is 0 Å². The van der Waals surface area contributed by atoms with E-state index in [2.05, 4.69) is 118 Å². The molecule has 0 aromatic rings. The largest absolute Gasteiger partial charge is 0.462 e. The maximum absolute atomic E-state index is 12.7. The van der Waals surface area contributed by atoms with E-state index in [0.717, 1.165) is 109 Å². The lowest BCUT2D eigenvalue weighted by molar-refractivity contribution is -0.166. The summed E-state index contributed by atoms with van der Waals surface area (Å²) in [4.78, 5) is 37.7. The molecule has 71 heavy (non-hydrogen) atoms. The van der Waals surface area contributed by atoms with Crippen LogP contribution in [0, 0.1) is 0 Å². The minimum Gasteiger partial charge on any atom is -0.462 e. The fraction of sp³-hybridized carbons (Fsp3) is 0.677. The van der Waals surface area contributed by atoms with Gasteiger partial charge in [-0.15, -0.1) is 0 Å². The minimum absolute atomic E-state index is 0.0969. The molecular formula is C65H108O6. The molecule has 0 saturated carbocycles. The minimum atomic E-state index is -0.827. The standard InChI is InChI=1S/C65H108O6/c1-4-7-10-13-15-17-19-21-23-24-25-26-27-28-29-30-31-32-33-34-35-36-37-38-39-40-42-43-45-47-49-52-55-58-64(67)70-61-62(60-69-63(66)57-54-51-12-9-6-3)71-65(68)59-56-53-50-48-46-44-41-22-20-18-16-14-11-8-5-2/h7-8,10-11,15-18,21-23,25-26,41,46,48,53,56,62H,4-6,9,12-14,19-20,24,27-40,42-45,47,49-52,54-55,57-61H2,1-3H3/b10-7-,11-8-,17-15-,18-16-,23-21-,26-25-,41-22-,48-46-,56-53-. The van der Waals surface area contributed by atoms with Gasteiger partial charge in [0, 0.05) is 12.8 Å². The zero-order valence-corrected chi connectivity index (χ0v) is 46.2. The normalized spacial score (nSPS) is 12.9. The Labute approximate surface area is 438 Å². The van der Waals surface area contributed by atoms with Gasteiger partial charge in [0.15, 0.2) is 6.10 Å². The molecule has 1 atom stereocenters. The Hall–Kier alpha value is -3.93. The van der Waals surface area contributed by atoms with E-state index in [0.29, 0.717) is 12.8 Å². The molecule has 0 heterocycles. The van der Waals surface area contributed by atoms with E-state index in [4.69, 9.17) is 14.2 Å². The molecule has 0 aliphatic rings. The number of ether oxygens (including phenoxy) is 3. The molecule has 0 radical (unpaired) electrons. The van der Waals surface area contributed by atoms with Gasteiger partial charge in [-0.1, -0.05) is 271 Å². The molecule has 0 bridgehead atoms. The number of carbonyl (C=O) groups is 3. The summed E-state index contributed by atoms with van der Waals surface area (Å²) in [6.45, 7) is 6.24. The highest BCUT2D eigenvalue weighted by atomic mass is 16.6. The average molecular weight is 986 g/mol. The molecule has 0 aromatic heterocycles. The molecule has 0 N–H and O–H groups in total. The monoisotopic (exact) mass is 985 g/mol. The molecule has 0 saturated heterocycles. The molecule has 1 unspecified atom stereocenters. The molecule has 0 rings (SSSR count). The van der Waals surface area contributed by atoms with Crippen molar-refractivity contribution in [2.75, 3.05) is 13.2 Å². The van der Waals surface area contributed by atoms with Crippen LogP contribution in [0.1, 0.15) is 265 Å². The van der Waals surface area contributed by atoms with Crippen LogP contribution in [-0.4, -0.2) is 37.2 Å². The molecule has 0 aliphatic carbocycles. The van der Waals surface area contributed by atoms with Gasteiger partial charge in [0.2, 0.25) is 0 Å². The van der Waals surface area contributed by atoms with Crippen molar-refractivity contribution >= 4 is 17.9 Å². The third kappa shape index (κ3) is 56.9. The molecule has 0 fully saturated rings. The van der Waals surface area contributed by atoms with Crippen molar-refractivity contribution in [2.24, 2.45) is 0 Å². The van der Waals surface area contributed by atoms with Crippen LogP contribution in [0.25, 0.3) is 0 Å². The predicted molar refractivity (Wildman–Crippen MR) is 307 cm³/mol. The second-order valence-electron chi connectivity index (χ2n) is 19.2. The molecule has 0 amide bonds. The molecule has 404 valence electrons. The van der Waals surface area contributed by atoms with Crippen LogP contribution < -0.4 is 0 Å². The van der Waals surface area contributed by atoms with Crippen LogP contribution in [0.5, 0.6) is 0 Å². The van der Waals surface area contributed by atoms with Crippen LogP contribution in [-0.2, 0) is 28.6 Å². The van der Waals surface area contributed by atoms with Gasteiger partial charge in [0.25, 0.3) is 0 Å². The maximum Gasteiger partial charge on any atom is 0.310 e. The van der Waals surface area contributed by atoms with E-state index in [1.54, 1.807) is 6.08 Å². The highest BCUT2D eigenvalue weighted by Gasteiger charge is 2.19. The Morgan fingerprint density at radius 3 is 0.930 bits per heavy atom. The number of rotatable bonds is 52. The second-order valence-corrected chi connectivity index (χ2v) is 19.2. The Morgan fingerprint density at radius 1 is 0.310 bits per heavy atom. The van der Waals surface area contributed by atoms with Crippen molar-refractivity contribution in [3.05, 3.63) is 109 Å². The van der Waals surface area contributed by atoms with Crippen molar-refractivity contribution in [1.82, 2.24) is 0 Å². The van der Waals surface area contributed by atoms with E-state index >= 15 is 0 Å². The van der Waals surface area contributed by atoms with E-state index in [1.165, 1.54) is 116 Å². The lowest BCUT2D eigenvalue weighted by atomic mass is 10.0. The molecular weight excluding hydrogens is 877 g/mol. The third-order valence-electron chi connectivity index (χ3n) is 12.3. The fourth-order valence-corrected chi connectivity index (χ4v) is 7.98. The predicted octanol–water partition coefficient (Wildman–Crippen LogP) is 19.9. The van der Waals surface area contributed by atoms with Crippen LogP contribution >= 0.6 is 0 Å². The molecule has 6 nitrogen and oxygen atoms in total. The first-order valence-electron chi connectivity index (χ1n) is 29.4. The second kappa shape index (κ2) is 58.6. The molecule has 0 aliphatic heterocycles. The Balaban J connectivity index is 3.99. The smallest absolute Gasteiger partial charge is 0.310 e. The van der Waals surface area contributed by atoms with Gasteiger partial charge in [0.1, 0.15) is 13.2 Å². The fourth-order valence-electron chi connectivity index (χ4n) is 7.98. The number of hydrogen-bond donors (Lipinski definition) is 0. The van der Waals surface area contributed by atoms with Crippen molar-refractivity contribution in [3.8, 4) is 0 Å². The first kappa shape index (κ1) is 67.1. The Bertz CT molecular complexity index is 1460. The topological polar surface area (TPSA) is 78.9 Å². The van der Waals surface area contributed by atoms with Crippen molar-refractivity contribution < 1.29 is 28.6 Å². The van der Waals surface area contributed by atoms with E-state index in [9.17, 15) is 14.4 Å². The number of allylic oxidation sites excluding steroid dienone is 17. The van der Waals surface area contributed by atoms with Gasteiger partial charge < -0.3 is 14.2 Å². The maximum atomic E-state index is 12.7. The quantitative estimate of drug-likeness (QED) is 0.0261. The van der Waals surface area contributed by atoms with Gasteiger partial charge in [-0.2, -0.15) is 0 Å². The third-order valence-corrected chi connectivity index (χ3v) is 12.3. The average Bonchev–Trinajstić information content (AvgIpc) is 3.37. The summed E-state index contributed by atoms with van der Waals surface area (Å²) in [6.07, 6.45) is 80.4. The summed E-state index contributed by atoms with van der Waals surface area (Å²) in [5, 5.41) is 0. The lowest BCUT2D eigenvalue weighted by Gasteiger charge is -2.18. The number of unbranched alkanes of at least 4 members (excludes halogenated alkanes) is 24. The Kier molecular flexibility index (Phi) is 55.4. The van der Waals surface area contributed by atoms with Crippen LogP contribution in [0.15, 0.2) is 109 Å². The van der Waals surface area contributed by atoms with Gasteiger partial charge in [-0.05, 0) is 83.5 Å². The molecule has 0 spiro atoms. The summed E-state index contributed by atoms with van der Waals surface area (Å²) >= 11 is 0. The van der Waals surface area contributed by atoms with Crippen molar-refractivity contribution in [2.45, 2.75) is 271 Å². The number of hydrogen-bond acceptors (Lipinski definition) is 6. The zero-order chi connectivity index (χ0) is 51.4. The lowest BCUT2D eigenvalue weighted by Crippen LogP contribution is -2.30. The van der Waals surface area contributed by atoms with E-state index < -0.39 is 12.1 Å². The molecule has 6 heteroatoms. The van der Waals surface area contributed by atoms with Crippen LogP contribution in [0.3, 0.4) is 0 Å². The van der Waals surface area contributed by atoms with Gasteiger partial charge in [-0.25, -0.2) is 0 Å². The van der Waals surface area contributed by atoms with E-state index in [1.807, 2.05) is 6.08 Å². The van der Waals surface area contributed by atoms with Crippen molar-refractivity contribution in [1.29, 1.82) is 0 Å². The highest BCUT2D eigenvalue weighted by molar-refractivity contribution is 5.72. The highest BCUT2D eigenvalue weighted by Crippen LogP contribution is 2.16. The van der Waals surface area contributed by atoms with Crippen molar-refractivity contribution in [3.63, 3.8) is 0 Å². The number of esters is 3. The summed E-state index contributed by atoms with van der Waals surface area (Å²) < 4.78 is 16.6. The zero-order valence-electron chi connectivity index (χ0n) is 46.2. The first-order chi connectivity index (χ1) is 35.0. The number of carbonyl (C=O) groups excluding carboxylic acids is 3. The summed E-state index contributed by atoms with van der Waals surface area (Å²) in [5.74, 6) is -1.06. The van der Waals surface area contributed by atoms with Gasteiger partial charge >= 0.3 is 17.9 Å². The SMILES string of the molecule is CC/C=C\C/C=C\C/C=C\C/C=C\C/C=C\CC(=O)OC(COC(=O)CCCCCCC)COC(=O)CCCCCCCCCCCCCCCCCCCCCC/C=C\C/C=C\C/C=C\C/C=C\CC. The summed E-state index contributed by atoms with van der Waals surface area (Å²) in [7, 11) is 0. The Morgan fingerprint density at radius 2 is 0.592 bits per heavy atom. The van der Waals surface area contributed by atoms with Gasteiger partial charge in [-0.3, -0.25) is 14.4 Å². The summed E-state index contributed by atoms with van der Waals surface area (Å²) in [5.41, 5.74) is 0. The molecule has 0 aromatic carbocycles. The summed E-state index contributed by atoms with van der Waals surface area (Å²) in [6, 6.07) is 0.